The Morgan fingerprint density at radius 3 is 2.04 bits per heavy atom. The quantitative estimate of drug-likeness (QED) is 0.573. The number of nitrogens with zero attached hydrogens (tertiary/aromatic N) is 1. The highest BCUT2D eigenvalue weighted by atomic mass is 35.5. The van der Waals surface area contributed by atoms with E-state index in [-0.39, 0.29) is 4.90 Å². The summed E-state index contributed by atoms with van der Waals surface area (Å²) in [6.07, 6.45) is 1.94. The van der Waals surface area contributed by atoms with E-state index in [0.29, 0.717) is 15.6 Å². The summed E-state index contributed by atoms with van der Waals surface area (Å²) in [6, 6.07) is 13.4. The number of aromatic nitrogens is 1. The smallest absolute Gasteiger partial charge is 0.175 e. The standard InChI is InChI=1S/C19H15Cl2NO3S/c1-12-14(11-23)7-19(13-3-5-18(6-4-13)26(2,24)25)22(12)17-9-15(20)8-16(21)10-17/h3-11H,1-2H3. The maximum absolute atomic E-state index is 11.7. The number of sulfone groups is 1. The van der Waals surface area contributed by atoms with Gasteiger partial charge >= 0.3 is 0 Å². The second-order valence-electron chi connectivity index (χ2n) is 5.95. The van der Waals surface area contributed by atoms with Crippen LogP contribution in [0.15, 0.2) is 53.4 Å². The largest absolute Gasteiger partial charge is 0.313 e. The summed E-state index contributed by atoms with van der Waals surface area (Å²) in [7, 11) is -3.28. The van der Waals surface area contributed by atoms with Crippen LogP contribution in [0.25, 0.3) is 16.9 Å². The van der Waals surface area contributed by atoms with E-state index in [4.69, 9.17) is 23.2 Å². The minimum Gasteiger partial charge on any atom is -0.313 e. The van der Waals surface area contributed by atoms with Crippen molar-refractivity contribution in [2.75, 3.05) is 6.26 Å². The van der Waals surface area contributed by atoms with Gasteiger partial charge in [0.1, 0.15) is 0 Å². The first-order valence-corrected chi connectivity index (χ1v) is 10.3. The molecule has 0 unspecified atom stereocenters. The molecule has 7 heteroatoms. The van der Waals surface area contributed by atoms with Gasteiger partial charge in [0.15, 0.2) is 16.1 Å². The summed E-state index contributed by atoms with van der Waals surface area (Å²) in [5, 5.41) is 0.957. The van der Waals surface area contributed by atoms with Gasteiger partial charge in [-0.15, -0.1) is 0 Å². The van der Waals surface area contributed by atoms with E-state index in [1.807, 2.05) is 11.5 Å². The highest BCUT2D eigenvalue weighted by Gasteiger charge is 2.16. The van der Waals surface area contributed by atoms with E-state index in [1.54, 1.807) is 48.5 Å². The molecule has 3 rings (SSSR count). The number of hydrogen-bond donors (Lipinski definition) is 0. The molecule has 0 radical (unpaired) electrons. The van der Waals surface area contributed by atoms with Gasteiger partial charge in [-0.3, -0.25) is 4.79 Å². The van der Waals surface area contributed by atoms with Crippen molar-refractivity contribution in [3.63, 3.8) is 0 Å². The van der Waals surface area contributed by atoms with Crippen LogP contribution in [0.4, 0.5) is 0 Å². The molecule has 0 aliphatic heterocycles. The lowest BCUT2D eigenvalue weighted by atomic mass is 10.1. The van der Waals surface area contributed by atoms with Gasteiger partial charge in [-0.05, 0) is 48.9 Å². The van der Waals surface area contributed by atoms with Gasteiger partial charge in [0, 0.05) is 33.2 Å². The predicted molar refractivity (Wildman–Crippen MR) is 104 cm³/mol. The van der Waals surface area contributed by atoms with Crippen LogP contribution in [0.3, 0.4) is 0 Å². The monoisotopic (exact) mass is 407 g/mol. The number of hydrogen-bond acceptors (Lipinski definition) is 3. The van der Waals surface area contributed by atoms with Crippen molar-refractivity contribution < 1.29 is 13.2 Å². The highest BCUT2D eigenvalue weighted by molar-refractivity contribution is 7.90. The summed E-state index contributed by atoms with van der Waals surface area (Å²) in [6.45, 7) is 1.83. The van der Waals surface area contributed by atoms with Crippen LogP contribution >= 0.6 is 23.2 Å². The molecule has 0 spiro atoms. The molecule has 134 valence electrons. The molecular formula is C19H15Cl2NO3S. The average molecular weight is 408 g/mol. The maximum atomic E-state index is 11.7. The van der Waals surface area contributed by atoms with E-state index in [1.165, 1.54) is 0 Å². The Morgan fingerprint density at radius 1 is 0.962 bits per heavy atom. The van der Waals surface area contributed by atoms with Crippen molar-refractivity contribution in [3.8, 4) is 16.9 Å². The first-order chi connectivity index (χ1) is 12.2. The molecule has 0 aliphatic carbocycles. The van der Waals surface area contributed by atoms with Crippen LogP contribution in [-0.2, 0) is 9.84 Å². The molecule has 4 nitrogen and oxygen atoms in total. The third-order valence-corrected chi connectivity index (χ3v) is 5.66. The lowest BCUT2D eigenvalue weighted by molar-refractivity contribution is 0.112. The predicted octanol–water partition coefficient (Wildman–Crippen LogP) is 4.98. The summed E-state index contributed by atoms with van der Waals surface area (Å²) in [5.41, 5.74) is 3.49. The summed E-state index contributed by atoms with van der Waals surface area (Å²) < 4.78 is 25.2. The number of aldehydes is 1. The minimum atomic E-state index is -3.28. The summed E-state index contributed by atoms with van der Waals surface area (Å²) in [4.78, 5) is 11.7. The van der Waals surface area contributed by atoms with Crippen LogP contribution in [0.1, 0.15) is 16.1 Å². The van der Waals surface area contributed by atoms with Crippen molar-refractivity contribution in [1.82, 2.24) is 4.57 Å². The Hall–Kier alpha value is -2.08. The molecule has 0 amide bonds. The fourth-order valence-electron chi connectivity index (χ4n) is 2.83. The molecule has 1 heterocycles. The van der Waals surface area contributed by atoms with Crippen LogP contribution in [0.2, 0.25) is 10.0 Å². The molecule has 1 aromatic heterocycles. The van der Waals surface area contributed by atoms with E-state index < -0.39 is 9.84 Å². The van der Waals surface area contributed by atoms with Gasteiger partial charge in [0.2, 0.25) is 0 Å². The van der Waals surface area contributed by atoms with Crippen LogP contribution in [0, 0.1) is 6.92 Å². The van der Waals surface area contributed by atoms with Gasteiger partial charge in [-0.1, -0.05) is 35.3 Å². The molecule has 0 fully saturated rings. The van der Waals surface area contributed by atoms with Crippen molar-refractivity contribution in [2.24, 2.45) is 0 Å². The first-order valence-electron chi connectivity index (χ1n) is 7.65. The number of halogens is 2. The number of carbonyl (C=O) groups is 1. The molecule has 26 heavy (non-hydrogen) atoms. The Morgan fingerprint density at radius 2 is 1.54 bits per heavy atom. The molecular weight excluding hydrogens is 393 g/mol. The van der Waals surface area contributed by atoms with Crippen molar-refractivity contribution in [3.05, 3.63) is 69.8 Å². The van der Waals surface area contributed by atoms with E-state index in [0.717, 1.165) is 35.2 Å². The molecule has 0 atom stereocenters. The molecule has 0 saturated heterocycles. The molecule has 0 saturated carbocycles. The molecule has 0 bridgehead atoms. The molecule has 3 aromatic rings. The van der Waals surface area contributed by atoms with Crippen molar-refractivity contribution >= 4 is 39.3 Å². The lowest BCUT2D eigenvalue weighted by Crippen LogP contribution is -2.01. The summed E-state index contributed by atoms with van der Waals surface area (Å²) >= 11 is 12.3. The molecule has 0 N–H and O–H groups in total. The van der Waals surface area contributed by atoms with E-state index in [2.05, 4.69) is 0 Å². The van der Waals surface area contributed by atoms with E-state index >= 15 is 0 Å². The number of rotatable bonds is 4. The fourth-order valence-corrected chi connectivity index (χ4v) is 3.98. The van der Waals surface area contributed by atoms with E-state index in [9.17, 15) is 13.2 Å². The van der Waals surface area contributed by atoms with Crippen LogP contribution in [0.5, 0.6) is 0 Å². The van der Waals surface area contributed by atoms with Crippen molar-refractivity contribution in [1.29, 1.82) is 0 Å². The second kappa shape index (κ2) is 6.91. The van der Waals surface area contributed by atoms with Crippen LogP contribution < -0.4 is 0 Å². The van der Waals surface area contributed by atoms with Gasteiger partial charge in [0.05, 0.1) is 10.6 Å². The fraction of sp³-hybridized carbons (Fsp3) is 0.105. The minimum absolute atomic E-state index is 0.234. The third-order valence-electron chi connectivity index (χ3n) is 4.10. The van der Waals surface area contributed by atoms with Crippen LogP contribution in [-0.4, -0.2) is 25.5 Å². The van der Waals surface area contributed by atoms with Gasteiger partial charge in [0.25, 0.3) is 0 Å². The topological polar surface area (TPSA) is 56.1 Å². The zero-order valence-corrected chi connectivity index (χ0v) is 16.4. The second-order valence-corrected chi connectivity index (χ2v) is 8.84. The lowest BCUT2D eigenvalue weighted by Gasteiger charge is -2.13. The zero-order valence-electron chi connectivity index (χ0n) is 14.0. The Bertz CT molecular complexity index is 1080. The molecule has 2 aromatic carbocycles. The third kappa shape index (κ3) is 3.56. The Labute approximate surface area is 161 Å². The van der Waals surface area contributed by atoms with Gasteiger partial charge in [-0.25, -0.2) is 8.42 Å². The highest BCUT2D eigenvalue weighted by Crippen LogP contribution is 2.32. The van der Waals surface area contributed by atoms with Crippen molar-refractivity contribution in [2.45, 2.75) is 11.8 Å². The number of carbonyl (C=O) groups excluding carboxylic acids is 1. The van der Waals surface area contributed by atoms with Gasteiger partial charge in [-0.2, -0.15) is 0 Å². The average Bonchev–Trinajstić information content (AvgIpc) is 2.90. The summed E-state index contributed by atoms with van der Waals surface area (Å²) in [5.74, 6) is 0. The number of benzene rings is 2. The molecule has 0 aliphatic rings. The zero-order chi connectivity index (χ0) is 19.1. The maximum Gasteiger partial charge on any atom is 0.175 e. The normalized spacial score (nSPS) is 11.5. The van der Waals surface area contributed by atoms with Gasteiger partial charge < -0.3 is 4.57 Å². The Kier molecular flexibility index (Phi) is 4.97. The first kappa shape index (κ1) is 18.7. The SMILES string of the molecule is Cc1c(C=O)cc(-c2ccc(S(C)(=O)=O)cc2)n1-c1cc(Cl)cc(Cl)c1. The Balaban J connectivity index is 2.23.